The summed E-state index contributed by atoms with van der Waals surface area (Å²) in [5, 5.41) is 16.0. The van der Waals surface area contributed by atoms with Crippen LogP contribution in [0, 0.1) is 17.1 Å². The predicted molar refractivity (Wildman–Crippen MR) is 82.8 cm³/mol. The summed E-state index contributed by atoms with van der Waals surface area (Å²) < 4.78 is 44.4. The van der Waals surface area contributed by atoms with Crippen molar-refractivity contribution >= 4 is 11.5 Å². The standard InChI is InChI=1S/C16H12F3N5O/c1-9(12-6-11(17)2-3-13(12)25-16(18)19)22-14-4-5-24-15(23-14)10(7-20)8-21-24/h2-6,8-9,16H,1H3,(H,22,23)/t9-/m1/s1. The molecule has 0 saturated heterocycles. The van der Waals surface area contributed by atoms with Gasteiger partial charge in [-0.2, -0.15) is 19.1 Å². The lowest BCUT2D eigenvalue weighted by atomic mass is 10.1. The van der Waals surface area contributed by atoms with Crippen molar-refractivity contribution < 1.29 is 17.9 Å². The first-order valence-electron chi connectivity index (χ1n) is 7.23. The molecule has 128 valence electrons. The van der Waals surface area contributed by atoms with Crippen LogP contribution in [0.3, 0.4) is 0 Å². The zero-order chi connectivity index (χ0) is 18.0. The van der Waals surface area contributed by atoms with Gasteiger partial charge in [0.05, 0.1) is 12.2 Å². The van der Waals surface area contributed by atoms with Gasteiger partial charge in [-0.1, -0.05) is 0 Å². The van der Waals surface area contributed by atoms with Crippen molar-refractivity contribution in [2.45, 2.75) is 19.6 Å². The highest BCUT2D eigenvalue weighted by Crippen LogP contribution is 2.29. The third-order valence-electron chi connectivity index (χ3n) is 3.51. The summed E-state index contributed by atoms with van der Waals surface area (Å²) in [6.07, 6.45) is 2.98. The van der Waals surface area contributed by atoms with Crippen molar-refractivity contribution in [3.8, 4) is 11.8 Å². The highest BCUT2D eigenvalue weighted by atomic mass is 19.3. The summed E-state index contributed by atoms with van der Waals surface area (Å²) in [7, 11) is 0. The number of anilines is 1. The van der Waals surface area contributed by atoms with Crippen LogP contribution in [0.15, 0.2) is 36.7 Å². The lowest BCUT2D eigenvalue weighted by Gasteiger charge is -2.18. The van der Waals surface area contributed by atoms with Gasteiger partial charge >= 0.3 is 6.61 Å². The van der Waals surface area contributed by atoms with Crippen molar-refractivity contribution in [2.75, 3.05) is 5.32 Å². The number of fused-ring (bicyclic) bond motifs is 1. The summed E-state index contributed by atoms with van der Waals surface area (Å²) in [6, 6.07) is 6.31. The van der Waals surface area contributed by atoms with Gasteiger partial charge in [0.25, 0.3) is 0 Å². The number of benzene rings is 1. The average Bonchev–Trinajstić information content (AvgIpc) is 2.98. The molecule has 2 heterocycles. The van der Waals surface area contributed by atoms with E-state index in [1.807, 2.05) is 6.07 Å². The Morgan fingerprint density at radius 1 is 1.32 bits per heavy atom. The highest BCUT2D eigenvalue weighted by Gasteiger charge is 2.17. The van der Waals surface area contributed by atoms with E-state index in [1.54, 1.807) is 19.2 Å². The van der Waals surface area contributed by atoms with Crippen LogP contribution in [-0.4, -0.2) is 21.2 Å². The normalized spacial score (nSPS) is 12.2. The zero-order valence-electron chi connectivity index (χ0n) is 12.9. The Balaban J connectivity index is 1.91. The number of hydrogen-bond donors (Lipinski definition) is 1. The van der Waals surface area contributed by atoms with Crippen LogP contribution < -0.4 is 10.1 Å². The summed E-state index contributed by atoms with van der Waals surface area (Å²) in [4.78, 5) is 4.27. The number of nitrogens with one attached hydrogen (secondary N) is 1. The van der Waals surface area contributed by atoms with Crippen LogP contribution in [0.4, 0.5) is 19.0 Å². The lowest BCUT2D eigenvalue weighted by Crippen LogP contribution is -2.12. The number of nitriles is 1. The van der Waals surface area contributed by atoms with Gasteiger partial charge in [-0.05, 0) is 31.2 Å². The first kappa shape index (κ1) is 16.6. The van der Waals surface area contributed by atoms with Crippen molar-refractivity contribution in [3.05, 3.63) is 53.6 Å². The molecular formula is C16H12F3N5O. The fourth-order valence-corrected chi connectivity index (χ4v) is 2.39. The second kappa shape index (κ2) is 6.68. The molecule has 0 amide bonds. The zero-order valence-corrected chi connectivity index (χ0v) is 12.9. The molecule has 1 aromatic carbocycles. The molecule has 25 heavy (non-hydrogen) atoms. The maximum Gasteiger partial charge on any atom is 0.387 e. The van der Waals surface area contributed by atoms with Crippen LogP contribution in [-0.2, 0) is 0 Å². The topological polar surface area (TPSA) is 75.2 Å². The molecule has 1 N–H and O–H groups in total. The average molecular weight is 347 g/mol. The first-order chi connectivity index (χ1) is 12.0. The van der Waals surface area contributed by atoms with Gasteiger partial charge in [-0.3, -0.25) is 0 Å². The minimum Gasteiger partial charge on any atom is -0.434 e. The molecule has 2 aromatic heterocycles. The molecule has 9 heteroatoms. The van der Waals surface area contributed by atoms with Gasteiger partial charge in [0.1, 0.15) is 29.0 Å². The van der Waals surface area contributed by atoms with Crippen molar-refractivity contribution in [3.63, 3.8) is 0 Å². The maximum atomic E-state index is 13.5. The summed E-state index contributed by atoms with van der Waals surface area (Å²) >= 11 is 0. The molecule has 0 spiro atoms. The SMILES string of the molecule is C[C@@H](Nc1ccn2ncc(C#N)c2n1)c1cc(F)ccc1OC(F)F. The number of rotatable bonds is 5. The van der Waals surface area contributed by atoms with Crippen LogP contribution in [0.1, 0.15) is 24.1 Å². The Labute approximate surface area is 140 Å². The van der Waals surface area contributed by atoms with Gasteiger partial charge in [-0.25, -0.2) is 13.9 Å². The summed E-state index contributed by atoms with van der Waals surface area (Å²) in [5.41, 5.74) is 0.864. The second-order valence-corrected chi connectivity index (χ2v) is 5.18. The smallest absolute Gasteiger partial charge is 0.387 e. The highest BCUT2D eigenvalue weighted by molar-refractivity contribution is 5.57. The minimum absolute atomic E-state index is 0.125. The molecule has 0 radical (unpaired) electrons. The Morgan fingerprint density at radius 2 is 2.12 bits per heavy atom. The van der Waals surface area contributed by atoms with Crippen LogP contribution in [0.5, 0.6) is 5.75 Å². The van der Waals surface area contributed by atoms with E-state index in [-0.39, 0.29) is 11.3 Å². The van der Waals surface area contributed by atoms with E-state index in [0.29, 0.717) is 17.0 Å². The Kier molecular flexibility index (Phi) is 4.43. The molecule has 3 rings (SSSR count). The predicted octanol–water partition coefficient (Wildman–Crippen LogP) is 3.51. The summed E-state index contributed by atoms with van der Waals surface area (Å²) in [5.74, 6) is -0.319. The number of alkyl halides is 2. The van der Waals surface area contributed by atoms with Gasteiger partial charge < -0.3 is 10.1 Å². The fourth-order valence-electron chi connectivity index (χ4n) is 2.39. The third-order valence-corrected chi connectivity index (χ3v) is 3.51. The van der Waals surface area contributed by atoms with Crippen LogP contribution >= 0.6 is 0 Å². The minimum atomic E-state index is -3.02. The molecule has 3 aromatic rings. The number of nitrogens with zero attached hydrogens (tertiary/aromatic N) is 4. The Morgan fingerprint density at radius 3 is 2.84 bits per heavy atom. The molecule has 0 saturated carbocycles. The Hall–Kier alpha value is -3.28. The second-order valence-electron chi connectivity index (χ2n) is 5.18. The molecule has 1 atom stereocenters. The molecule has 0 fully saturated rings. The van der Waals surface area contributed by atoms with Crippen molar-refractivity contribution in [1.29, 1.82) is 5.26 Å². The van der Waals surface area contributed by atoms with Gasteiger partial charge in [0.15, 0.2) is 5.65 Å². The lowest BCUT2D eigenvalue weighted by molar-refractivity contribution is -0.0505. The molecule has 0 aliphatic heterocycles. The van der Waals surface area contributed by atoms with Gasteiger partial charge in [-0.15, -0.1) is 0 Å². The molecule has 0 aliphatic rings. The van der Waals surface area contributed by atoms with Gasteiger partial charge in [0.2, 0.25) is 0 Å². The van der Waals surface area contributed by atoms with E-state index in [1.165, 1.54) is 10.7 Å². The van der Waals surface area contributed by atoms with E-state index >= 15 is 0 Å². The first-order valence-corrected chi connectivity index (χ1v) is 7.23. The molecule has 6 nitrogen and oxygen atoms in total. The molecular weight excluding hydrogens is 335 g/mol. The fraction of sp³-hybridized carbons (Fsp3) is 0.188. The number of halogens is 3. The quantitative estimate of drug-likeness (QED) is 0.764. The molecule has 0 unspecified atom stereocenters. The van der Waals surface area contributed by atoms with Crippen LogP contribution in [0.2, 0.25) is 0 Å². The Bertz CT molecular complexity index is 951. The third kappa shape index (κ3) is 3.47. The van der Waals surface area contributed by atoms with Gasteiger partial charge in [0, 0.05) is 11.8 Å². The van der Waals surface area contributed by atoms with Crippen molar-refractivity contribution in [2.24, 2.45) is 0 Å². The number of aromatic nitrogens is 3. The van der Waals surface area contributed by atoms with E-state index < -0.39 is 18.5 Å². The van der Waals surface area contributed by atoms with E-state index in [9.17, 15) is 13.2 Å². The molecule has 0 aliphatic carbocycles. The van der Waals surface area contributed by atoms with E-state index in [0.717, 1.165) is 18.2 Å². The van der Waals surface area contributed by atoms with E-state index in [4.69, 9.17) is 5.26 Å². The number of hydrogen-bond acceptors (Lipinski definition) is 5. The number of ether oxygens (including phenoxy) is 1. The molecule has 0 bridgehead atoms. The largest absolute Gasteiger partial charge is 0.434 e. The summed E-state index contributed by atoms with van der Waals surface area (Å²) in [6.45, 7) is -1.36. The van der Waals surface area contributed by atoms with Crippen molar-refractivity contribution in [1.82, 2.24) is 14.6 Å². The van der Waals surface area contributed by atoms with E-state index in [2.05, 4.69) is 20.1 Å². The van der Waals surface area contributed by atoms with Crippen LogP contribution in [0.25, 0.3) is 5.65 Å². The maximum absolute atomic E-state index is 13.5. The monoisotopic (exact) mass is 347 g/mol.